The molecular formula is C20H40N2O6S. The largest absolute Gasteiger partial charge is 0.759 e. The van der Waals surface area contributed by atoms with Crippen molar-refractivity contribution in [2.45, 2.75) is 52.6 Å². The highest BCUT2D eigenvalue weighted by molar-refractivity contribution is 7.79. The predicted molar refractivity (Wildman–Crippen MR) is 114 cm³/mol. The van der Waals surface area contributed by atoms with Crippen LogP contribution >= 0.6 is 0 Å². The van der Waals surface area contributed by atoms with Gasteiger partial charge in [0.2, 0.25) is 11.6 Å². The van der Waals surface area contributed by atoms with E-state index < -0.39 is 10.4 Å². The number of rotatable bonds is 8. The molecule has 0 aliphatic heterocycles. The van der Waals surface area contributed by atoms with Gasteiger partial charge in [-0.15, -0.1) is 0 Å². The molecule has 0 heterocycles. The van der Waals surface area contributed by atoms with Gasteiger partial charge in [-0.25, -0.2) is 0 Å². The molecule has 8 nitrogen and oxygen atoms in total. The molecule has 0 atom stereocenters. The number of carbonyl (C=O) groups excluding carboxylic acids is 2. The number of hydrogen-bond acceptors (Lipinski definition) is 6. The average molecular weight is 437 g/mol. The third-order valence-electron chi connectivity index (χ3n) is 6.18. The van der Waals surface area contributed by atoms with Crippen molar-refractivity contribution in [3.63, 3.8) is 0 Å². The van der Waals surface area contributed by atoms with Gasteiger partial charge in [-0.3, -0.25) is 18.0 Å². The maximum Gasteiger partial charge on any atom is 0.214 e. The molecule has 0 saturated carbocycles. The zero-order valence-corrected chi connectivity index (χ0v) is 20.6. The van der Waals surface area contributed by atoms with Gasteiger partial charge in [0.15, 0.2) is 11.1 Å². The quantitative estimate of drug-likeness (QED) is 0.248. The third-order valence-corrected chi connectivity index (χ3v) is 6.18. The molecular weight excluding hydrogens is 396 g/mol. The summed E-state index contributed by atoms with van der Waals surface area (Å²) in [7, 11) is 3.06. The molecule has 29 heavy (non-hydrogen) atoms. The monoisotopic (exact) mass is 436 g/mol. The van der Waals surface area contributed by atoms with Crippen LogP contribution in [0.1, 0.15) is 41.5 Å². The molecule has 0 bridgehead atoms. The SMILES string of the molecule is C=CC(=O)C(C)(C)[N+](C)(C)CC.C=CC(=O)C(C)(C)[N+](C)(C)CC.O=S(=O)([O-])[O-]. The van der Waals surface area contributed by atoms with Gasteiger partial charge in [0, 0.05) is 10.4 Å². The molecule has 0 N–H and O–H groups in total. The lowest BCUT2D eigenvalue weighted by Crippen LogP contribution is -2.59. The van der Waals surface area contributed by atoms with E-state index in [0.717, 1.165) is 13.1 Å². The fraction of sp³-hybridized carbons (Fsp3) is 0.700. The average Bonchev–Trinajstić information content (AvgIpc) is 2.58. The van der Waals surface area contributed by atoms with Gasteiger partial charge in [-0.05, 0) is 53.7 Å². The fourth-order valence-corrected chi connectivity index (χ4v) is 1.89. The number of quaternary nitrogens is 2. The van der Waals surface area contributed by atoms with Crippen molar-refractivity contribution in [2.75, 3.05) is 41.3 Å². The summed E-state index contributed by atoms with van der Waals surface area (Å²) >= 11 is 0. The van der Waals surface area contributed by atoms with Crippen molar-refractivity contribution < 1.29 is 36.1 Å². The molecule has 0 saturated heterocycles. The molecule has 172 valence electrons. The molecule has 0 radical (unpaired) electrons. The van der Waals surface area contributed by atoms with Crippen LogP contribution in [-0.4, -0.2) is 90.4 Å². The van der Waals surface area contributed by atoms with E-state index in [1.807, 2.05) is 27.7 Å². The van der Waals surface area contributed by atoms with Crippen LogP contribution in [0.4, 0.5) is 0 Å². The first kappa shape index (κ1) is 32.3. The van der Waals surface area contributed by atoms with E-state index in [-0.39, 0.29) is 22.6 Å². The zero-order valence-electron chi connectivity index (χ0n) is 19.7. The van der Waals surface area contributed by atoms with Gasteiger partial charge in [-0.1, -0.05) is 13.2 Å². The summed E-state index contributed by atoms with van der Waals surface area (Å²) in [6.45, 7) is 20.9. The maximum absolute atomic E-state index is 11.5. The Bertz CT molecular complexity index is 625. The summed E-state index contributed by atoms with van der Waals surface area (Å²) in [5, 5.41) is 0. The minimum Gasteiger partial charge on any atom is -0.759 e. The standard InChI is InChI=1S/2C10H20NO.H2O4S/c2*1-7-9(12)10(3,4)11(5,6)8-2;1-5(2,3)4/h2*7H,1,8H2,2-6H3;(H2,1,2,3,4)/q2*+1;/p-2. The van der Waals surface area contributed by atoms with Crippen molar-refractivity contribution in [1.29, 1.82) is 0 Å². The molecule has 0 aromatic rings. The summed E-state index contributed by atoms with van der Waals surface area (Å²) in [4.78, 5) is 23.0. The second kappa shape index (κ2) is 11.7. The summed E-state index contributed by atoms with van der Waals surface area (Å²) in [6.07, 6.45) is 2.82. The van der Waals surface area contributed by atoms with Crippen LogP contribution in [-0.2, 0) is 20.0 Å². The van der Waals surface area contributed by atoms with Gasteiger partial charge in [-0.2, -0.15) is 0 Å². The summed E-state index contributed by atoms with van der Waals surface area (Å²) < 4.78 is 35.5. The molecule has 0 unspecified atom stereocenters. The molecule has 0 aliphatic carbocycles. The van der Waals surface area contributed by atoms with E-state index >= 15 is 0 Å². The maximum atomic E-state index is 11.5. The van der Waals surface area contributed by atoms with Crippen LogP contribution in [0.2, 0.25) is 0 Å². The first-order chi connectivity index (χ1) is 12.6. The summed E-state index contributed by atoms with van der Waals surface area (Å²) in [5.41, 5.74) is -0.729. The van der Waals surface area contributed by atoms with Gasteiger partial charge in [0.25, 0.3) is 0 Å². The molecule has 9 heteroatoms. The van der Waals surface area contributed by atoms with Crippen molar-refractivity contribution in [1.82, 2.24) is 0 Å². The normalized spacial score (nSPS) is 12.6. The number of hydrogen-bond donors (Lipinski definition) is 0. The summed E-state index contributed by atoms with van der Waals surface area (Å²) in [6, 6.07) is 0. The highest BCUT2D eigenvalue weighted by Gasteiger charge is 2.41. The predicted octanol–water partition coefficient (Wildman–Crippen LogP) is 1.89. The Morgan fingerprint density at radius 3 is 1.07 bits per heavy atom. The van der Waals surface area contributed by atoms with Gasteiger partial charge < -0.3 is 18.1 Å². The molecule has 0 aliphatic rings. The van der Waals surface area contributed by atoms with Crippen LogP contribution in [0, 0.1) is 0 Å². The van der Waals surface area contributed by atoms with Crippen LogP contribution in [0.25, 0.3) is 0 Å². The third kappa shape index (κ3) is 10.8. The van der Waals surface area contributed by atoms with Crippen LogP contribution in [0.3, 0.4) is 0 Å². The Labute approximate surface area is 177 Å². The van der Waals surface area contributed by atoms with E-state index in [9.17, 15) is 9.59 Å². The molecule has 0 rings (SSSR count). The number of carbonyl (C=O) groups is 2. The van der Waals surface area contributed by atoms with E-state index in [4.69, 9.17) is 17.5 Å². The minimum atomic E-state index is -5.17. The van der Waals surface area contributed by atoms with Crippen molar-refractivity contribution in [3.8, 4) is 0 Å². The molecule has 0 aromatic heterocycles. The smallest absolute Gasteiger partial charge is 0.214 e. The Hall–Kier alpha value is -1.39. The lowest BCUT2D eigenvalue weighted by atomic mass is 9.94. The van der Waals surface area contributed by atoms with Crippen LogP contribution < -0.4 is 0 Å². The topological polar surface area (TPSA) is 114 Å². The molecule has 0 fully saturated rings. The van der Waals surface area contributed by atoms with E-state index in [2.05, 4.69) is 55.2 Å². The first-order valence-corrected chi connectivity index (χ1v) is 10.6. The second-order valence-electron chi connectivity index (χ2n) is 8.67. The number of likely N-dealkylation sites (N-methyl/N-ethyl adjacent to an activating group) is 2. The van der Waals surface area contributed by atoms with Gasteiger partial charge in [0.05, 0.1) is 41.3 Å². The Balaban J connectivity index is -0.000000380. The van der Waals surface area contributed by atoms with Crippen LogP contribution in [0.15, 0.2) is 25.3 Å². The Kier molecular flexibility index (Phi) is 13.0. The molecule has 0 spiro atoms. The van der Waals surface area contributed by atoms with E-state index in [1.54, 1.807) is 0 Å². The Morgan fingerprint density at radius 1 is 0.793 bits per heavy atom. The van der Waals surface area contributed by atoms with Crippen molar-refractivity contribution in [3.05, 3.63) is 25.3 Å². The zero-order chi connectivity index (χ0) is 24.5. The van der Waals surface area contributed by atoms with Crippen molar-refractivity contribution in [2.24, 2.45) is 0 Å². The minimum absolute atomic E-state index is 0.106. The Morgan fingerprint density at radius 2 is 0.966 bits per heavy atom. The second-order valence-corrected chi connectivity index (χ2v) is 9.48. The van der Waals surface area contributed by atoms with Crippen molar-refractivity contribution >= 4 is 22.0 Å². The first-order valence-electron chi connectivity index (χ1n) is 9.25. The fourth-order valence-electron chi connectivity index (χ4n) is 1.89. The highest BCUT2D eigenvalue weighted by atomic mass is 32.3. The number of nitrogens with zero attached hydrogens (tertiary/aromatic N) is 2. The van der Waals surface area contributed by atoms with E-state index in [0.29, 0.717) is 8.97 Å². The lowest BCUT2D eigenvalue weighted by molar-refractivity contribution is -0.925. The lowest BCUT2D eigenvalue weighted by Gasteiger charge is -2.42. The molecule has 0 amide bonds. The van der Waals surface area contributed by atoms with Gasteiger partial charge >= 0.3 is 0 Å². The molecule has 0 aromatic carbocycles. The number of ketones is 2. The van der Waals surface area contributed by atoms with E-state index in [1.165, 1.54) is 12.2 Å². The summed E-state index contributed by atoms with van der Waals surface area (Å²) in [5.74, 6) is 0.212. The highest BCUT2D eigenvalue weighted by Crippen LogP contribution is 2.21. The van der Waals surface area contributed by atoms with Crippen LogP contribution in [0.5, 0.6) is 0 Å². The van der Waals surface area contributed by atoms with Gasteiger partial charge in [0.1, 0.15) is 0 Å².